The molecule has 2 rings (SSSR count). The zero-order valence-electron chi connectivity index (χ0n) is 12.2. The van der Waals surface area contributed by atoms with Crippen LogP contribution in [0, 0.1) is 21.0 Å². The lowest BCUT2D eigenvalue weighted by atomic mass is 10.2. The van der Waals surface area contributed by atoms with Gasteiger partial charge in [0, 0.05) is 32.6 Å². The number of nitrogen functional groups attached to an aromatic ring is 1. The zero-order valence-corrected chi connectivity index (χ0v) is 16.6. The average Bonchev–Trinajstić information content (AvgIpc) is 2.38. The molecule has 2 aromatic rings. The molecule has 2 aromatic carbocycles. The summed E-state index contributed by atoms with van der Waals surface area (Å²) in [6.45, 7) is 4.19. The van der Waals surface area contributed by atoms with E-state index in [0.717, 1.165) is 5.69 Å². The summed E-state index contributed by atoms with van der Waals surface area (Å²) in [6.07, 6.45) is 0. The molecule has 0 aliphatic carbocycles. The van der Waals surface area contributed by atoms with E-state index in [4.69, 9.17) is 5.73 Å². The van der Waals surface area contributed by atoms with Crippen molar-refractivity contribution >= 4 is 56.6 Å². The molecule has 0 spiro atoms. The predicted molar refractivity (Wildman–Crippen MR) is 107 cm³/mol. The molecule has 2 N–H and O–H groups in total. The first-order valence-electron chi connectivity index (χ1n) is 6.26. The Morgan fingerprint density at radius 1 is 0.850 bits per heavy atom. The van der Waals surface area contributed by atoms with Gasteiger partial charge in [0.25, 0.3) is 0 Å². The van der Waals surface area contributed by atoms with Crippen LogP contribution in [0.1, 0.15) is 11.1 Å². The number of aryl methyl sites for hydroxylation is 2. The molecular formula is C16H20I2N2. The van der Waals surface area contributed by atoms with Crippen LogP contribution in [0.2, 0.25) is 0 Å². The Balaban J connectivity index is 0.000000204. The lowest BCUT2D eigenvalue weighted by Crippen LogP contribution is -2.08. The first-order chi connectivity index (χ1) is 9.31. The molecule has 0 radical (unpaired) electrons. The van der Waals surface area contributed by atoms with Crippen molar-refractivity contribution in [2.75, 3.05) is 24.7 Å². The highest BCUT2D eigenvalue weighted by atomic mass is 127. The number of nitrogens with two attached hydrogens (primary N) is 1. The number of halogens is 2. The molecule has 20 heavy (non-hydrogen) atoms. The van der Waals surface area contributed by atoms with Gasteiger partial charge in [-0.05, 0) is 107 Å². The molecule has 0 heterocycles. The van der Waals surface area contributed by atoms with E-state index >= 15 is 0 Å². The molecule has 108 valence electrons. The SMILES string of the molecule is Cc1cc(N(C)C)ccc1I.Cc1cc(N)ccc1I. The lowest BCUT2D eigenvalue weighted by Gasteiger charge is -2.13. The monoisotopic (exact) mass is 494 g/mol. The smallest absolute Gasteiger partial charge is 0.0364 e. The summed E-state index contributed by atoms with van der Waals surface area (Å²) in [5, 5.41) is 0. The number of benzene rings is 2. The predicted octanol–water partition coefficient (Wildman–Crippen LogP) is 4.85. The lowest BCUT2D eigenvalue weighted by molar-refractivity contribution is 1.12. The Bertz CT molecular complexity index is 581. The van der Waals surface area contributed by atoms with Crippen LogP contribution in [-0.2, 0) is 0 Å². The highest BCUT2D eigenvalue weighted by molar-refractivity contribution is 14.1. The number of hydrogen-bond acceptors (Lipinski definition) is 2. The van der Waals surface area contributed by atoms with Gasteiger partial charge in [0.2, 0.25) is 0 Å². The highest BCUT2D eigenvalue weighted by Crippen LogP contribution is 2.18. The minimum atomic E-state index is 0.841. The van der Waals surface area contributed by atoms with E-state index in [9.17, 15) is 0 Å². The van der Waals surface area contributed by atoms with Gasteiger partial charge in [-0.3, -0.25) is 0 Å². The molecule has 4 heteroatoms. The minimum absolute atomic E-state index is 0.841. The number of anilines is 2. The van der Waals surface area contributed by atoms with E-state index in [-0.39, 0.29) is 0 Å². The third-order valence-corrected chi connectivity index (χ3v) is 5.26. The minimum Gasteiger partial charge on any atom is -0.399 e. The van der Waals surface area contributed by atoms with Crippen LogP contribution in [-0.4, -0.2) is 14.1 Å². The maximum absolute atomic E-state index is 5.52. The summed E-state index contributed by atoms with van der Waals surface area (Å²) >= 11 is 4.63. The normalized spacial score (nSPS) is 9.70. The van der Waals surface area contributed by atoms with Crippen LogP contribution in [0.15, 0.2) is 36.4 Å². The van der Waals surface area contributed by atoms with Crippen LogP contribution >= 0.6 is 45.2 Å². The summed E-state index contributed by atoms with van der Waals surface area (Å²) in [6, 6.07) is 12.4. The molecule has 0 bridgehead atoms. The Labute approximate surface area is 149 Å². The average molecular weight is 494 g/mol. The van der Waals surface area contributed by atoms with E-state index < -0.39 is 0 Å². The fourth-order valence-electron chi connectivity index (χ4n) is 1.57. The first-order valence-corrected chi connectivity index (χ1v) is 8.42. The summed E-state index contributed by atoms with van der Waals surface area (Å²) in [7, 11) is 4.11. The number of hydrogen-bond donors (Lipinski definition) is 1. The summed E-state index contributed by atoms with van der Waals surface area (Å²) in [5.74, 6) is 0. The summed E-state index contributed by atoms with van der Waals surface area (Å²) in [4.78, 5) is 2.11. The fourth-order valence-corrected chi connectivity index (χ4v) is 2.25. The Hall–Kier alpha value is -0.500. The van der Waals surface area contributed by atoms with Crippen LogP contribution in [0.5, 0.6) is 0 Å². The molecule has 0 unspecified atom stereocenters. The van der Waals surface area contributed by atoms with Gasteiger partial charge in [0.15, 0.2) is 0 Å². The topological polar surface area (TPSA) is 29.3 Å². The second-order valence-corrected chi connectivity index (χ2v) is 7.16. The maximum atomic E-state index is 5.52. The van der Waals surface area contributed by atoms with E-state index in [1.165, 1.54) is 24.0 Å². The zero-order chi connectivity index (χ0) is 15.3. The summed E-state index contributed by atoms with van der Waals surface area (Å²) < 4.78 is 2.59. The second kappa shape index (κ2) is 8.07. The van der Waals surface area contributed by atoms with Crippen LogP contribution < -0.4 is 10.6 Å². The molecule has 0 atom stereocenters. The molecule has 0 amide bonds. The second-order valence-electron chi connectivity index (χ2n) is 4.84. The van der Waals surface area contributed by atoms with E-state index in [2.05, 4.69) is 96.2 Å². The van der Waals surface area contributed by atoms with Crippen molar-refractivity contribution in [2.45, 2.75) is 13.8 Å². The van der Waals surface area contributed by atoms with E-state index in [1.54, 1.807) is 0 Å². The first kappa shape index (κ1) is 17.6. The molecule has 0 saturated carbocycles. The van der Waals surface area contributed by atoms with Gasteiger partial charge < -0.3 is 10.6 Å². The quantitative estimate of drug-likeness (QED) is 0.454. The van der Waals surface area contributed by atoms with E-state index in [1.807, 2.05) is 18.2 Å². The van der Waals surface area contributed by atoms with Crippen molar-refractivity contribution in [3.63, 3.8) is 0 Å². The largest absolute Gasteiger partial charge is 0.399 e. The molecule has 0 fully saturated rings. The Kier molecular flexibility index (Phi) is 7.08. The van der Waals surface area contributed by atoms with Crippen LogP contribution in [0.25, 0.3) is 0 Å². The molecule has 0 aromatic heterocycles. The Morgan fingerprint density at radius 3 is 1.75 bits per heavy atom. The van der Waals surface area contributed by atoms with Crippen LogP contribution in [0.3, 0.4) is 0 Å². The van der Waals surface area contributed by atoms with Gasteiger partial charge in [-0.1, -0.05) is 0 Å². The molecule has 2 nitrogen and oxygen atoms in total. The number of nitrogens with zero attached hydrogens (tertiary/aromatic N) is 1. The van der Waals surface area contributed by atoms with Crippen LogP contribution in [0.4, 0.5) is 11.4 Å². The fraction of sp³-hybridized carbons (Fsp3) is 0.250. The van der Waals surface area contributed by atoms with Crippen molar-refractivity contribution in [2.24, 2.45) is 0 Å². The molecule has 0 saturated heterocycles. The molecular weight excluding hydrogens is 474 g/mol. The van der Waals surface area contributed by atoms with Gasteiger partial charge in [0.1, 0.15) is 0 Å². The van der Waals surface area contributed by atoms with Gasteiger partial charge >= 0.3 is 0 Å². The third-order valence-electron chi connectivity index (χ3n) is 2.84. The van der Waals surface area contributed by atoms with Gasteiger partial charge in [-0.25, -0.2) is 0 Å². The van der Waals surface area contributed by atoms with Gasteiger partial charge in [-0.15, -0.1) is 0 Å². The van der Waals surface area contributed by atoms with Crippen molar-refractivity contribution in [3.8, 4) is 0 Å². The highest BCUT2D eigenvalue weighted by Gasteiger charge is 1.97. The standard InChI is InChI=1S/C9H12IN.C7H8IN/c1-7-6-8(11(2)3)4-5-9(7)10;1-5-4-6(9)2-3-7(5)8/h4-6H,1-3H3;2-4H,9H2,1H3. The Morgan fingerprint density at radius 2 is 1.35 bits per heavy atom. The summed E-state index contributed by atoms with van der Waals surface area (Å²) in [5.41, 5.74) is 10.2. The maximum Gasteiger partial charge on any atom is 0.0364 e. The number of rotatable bonds is 1. The van der Waals surface area contributed by atoms with Crippen molar-refractivity contribution < 1.29 is 0 Å². The van der Waals surface area contributed by atoms with Crippen molar-refractivity contribution in [1.82, 2.24) is 0 Å². The third kappa shape index (κ3) is 5.47. The van der Waals surface area contributed by atoms with Crippen molar-refractivity contribution in [3.05, 3.63) is 54.7 Å². The molecule has 0 aliphatic heterocycles. The molecule has 0 aliphatic rings. The van der Waals surface area contributed by atoms with Crippen molar-refractivity contribution in [1.29, 1.82) is 0 Å². The van der Waals surface area contributed by atoms with E-state index in [0.29, 0.717) is 0 Å². The van der Waals surface area contributed by atoms with Gasteiger partial charge in [-0.2, -0.15) is 0 Å². The van der Waals surface area contributed by atoms with Gasteiger partial charge in [0.05, 0.1) is 0 Å².